The highest BCUT2D eigenvalue weighted by atomic mass is 14.9. The minimum Gasteiger partial charge on any atom is -0.314 e. The molecule has 1 N–H and O–H groups in total. The average molecular weight is 271 g/mol. The van der Waals surface area contributed by atoms with Gasteiger partial charge in [-0.15, -0.1) is 0 Å². The van der Waals surface area contributed by atoms with Crippen LogP contribution in [0.3, 0.4) is 0 Å². The number of hydrogen-bond acceptors (Lipinski definition) is 1. The molecule has 0 saturated heterocycles. The molecule has 0 aliphatic heterocycles. The zero-order valence-corrected chi connectivity index (χ0v) is 13.1. The highest BCUT2D eigenvalue weighted by Gasteiger charge is 2.28. The topological polar surface area (TPSA) is 12.0 Å². The van der Waals surface area contributed by atoms with Crippen molar-refractivity contribution in [3.05, 3.63) is 34.9 Å². The molecule has 110 valence electrons. The SMILES string of the molecule is Cc1cc(C)cc(CC(CNC2CC2)C2CCCC2)c1. The Labute approximate surface area is 124 Å². The molecule has 1 aromatic rings. The van der Waals surface area contributed by atoms with Crippen molar-refractivity contribution in [1.29, 1.82) is 0 Å². The maximum Gasteiger partial charge on any atom is 0.00683 e. The zero-order chi connectivity index (χ0) is 13.9. The standard InChI is InChI=1S/C19H29N/c1-14-9-15(2)11-16(10-14)12-18(13-20-19-7-8-19)17-5-3-4-6-17/h9-11,17-20H,3-8,12-13H2,1-2H3. The van der Waals surface area contributed by atoms with Gasteiger partial charge in [-0.1, -0.05) is 55.0 Å². The third kappa shape index (κ3) is 3.85. The van der Waals surface area contributed by atoms with Crippen molar-refractivity contribution in [3.63, 3.8) is 0 Å². The Balaban J connectivity index is 1.66. The first-order chi connectivity index (χ1) is 9.70. The fourth-order valence-corrected chi connectivity index (χ4v) is 3.93. The number of aryl methyl sites for hydroxylation is 2. The lowest BCUT2D eigenvalue weighted by molar-refractivity contribution is 0.320. The summed E-state index contributed by atoms with van der Waals surface area (Å²) in [6, 6.07) is 7.92. The van der Waals surface area contributed by atoms with E-state index in [0.717, 1.165) is 17.9 Å². The normalized spacial score (nSPS) is 21.3. The van der Waals surface area contributed by atoms with Gasteiger partial charge in [-0.25, -0.2) is 0 Å². The summed E-state index contributed by atoms with van der Waals surface area (Å²) in [6.07, 6.45) is 9.91. The largest absolute Gasteiger partial charge is 0.314 e. The van der Waals surface area contributed by atoms with Crippen LogP contribution in [0.2, 0.25) is 0 Å². The van der Waals surface area contributed by atoms with Crippen LogP contribution in [0.5, 0.6) is 0 Å². The summed E-state index contributed by atoms with van der Waals surface area (Å²) in [5.41, 5.74) is 4.39. The van der Waals surface area contributed by atoms with E-state index in [1.807, 2.05) is 0 Å². The lowest BCUT2D eigenvalue weighted by Gasteiger charge is -2.24. The minimum atomic E-state index is 0.846. The maximum atomic E-state index is 3.78. The molecule has 0 bridgehead atoms. The van der Waals surface area contributed by atoms with E-state index in [4.69, 9.17) is 0 Å². The summed E-state index contributed by atoms with van der Waals surface area (Å²) in [5.74, 6) is 1.81. The third-order valence-corrected chi connectivity index (χ3v) is 5.09. The van der Waals surface area contributed by atoms with Crippen molar-refractivity contribution >= 4 is 0 Å². The summed E-state index contributed by atoms with van der Waals surface area (Å²) in [5, 5.41) is 3.78. The number of hydrogen-bond donors (Lipinski definition) is 1. The van der Waals surface area contributed by atoms with Crippen LogP contribution in [0.1, 0.15) is 55.2 Å². The van der Waals surface area contributed by atoms with Gasteiger partial charge in [-0.05, 0) is 57.1 Å². The van der Waals surface area contributed by atoms with Gasteiger partial charge < -0.3 is 5.32 Å². The fourth-order valence-electron chi connectivity index (χ4n) is 3.93. The molecule has 1 unspecified atom stereocenters. The summed E-state index contributed by atoms with van der Waals surface area (Å²) < 4.78 is 0. The zero-order valence-electron chi connectivity index (χ0n) is 13.1. The quantitative estimate of drug-likeness (QED) is 0.808. The van der Waals surface area contributed by atoms with Crippen LogP contribution in [0.4, 0.5) is 0 Å². The van der Waals surface area contributed by atoms with Gasteiger partial charge in [0.15, 0.2) is 0 Å². The van der Waals surface area contributed by atoms with Crippen molar-refractivity contribution in [2.24, 2.45) is 11.8 Å². The first-order valence-electron chi connectivity index (χ1n) is 8.51. The summed E-state index contributed by atoms with van der Waals surface area (Å²) in [7, 11) is 0. The molecule has 20 heavy (non-hydrogen) atoms. The monoisotopic (exact) mass is 271 g/mol. The summed E-state index contributed by atoms with van der Waals surface area (Å²) in [4.78, 5) is 0. The van der Waals surface area contributed by atoms with Gasteiger partial charge in [-0.2, -0.15) is 0 Å². The van der Waals surface area contributed by atoms with Crippen LogP contribution >= 0.6 is 0 Å². The van der Waals surface area contributed by atoms with Crippen LogP contribution in [0.25, 0.3) is 0 Å². The molecule has 2 aliphatic rings. The molecule has 2 saturated carbocycles. The van der Waals surface area contributed by atoms with Crippen LogP contribution in [-0.4, -0.2) is 12.6 Å². The molecule has 1 heteroatoms. The second-order valence-corrected chi connectivity index (χ2v) is 7.19. The van der Waals surface area contributed by atoms with E-state index in [-0.39, 0.29) is 0 Å². The molecule has 3 rings (SSSR count). The molecule has 1 nitrogen and oxygen atoms in total. The van der Waals surface area contributed by atoms with Gasteiger partial charge in [0, 0.05) is 6.04 Å². The van der Waals surface area contributed by atoms with Crippen LogP contribution in [-0.2, 0) is 6.42 Å². The molecule has 1 atom stereocenters. The highest BCUT2D eigenvalue weighted by molar-refractivity contribution is 5.29. The first kappa shape index (κ1) is 14.1. The fraction of sp³-hybridized carbons (Fsp3) is 0.684. The molecular weight excluding hydrogens is 242 g/mol. The predicted octanol–water partition coefficient (Wildman–Crippen LogP) is 4.40. The van der Waals surface area contributed by atoms with E-state index < -0.39 is 0 Å². The lowest BCUT2D eigenvalue weighted by atomic mass is 9.85. The molecule has 0 spiro atoms. The van der Waals surface area contributed by atoms with Crippen LogP contribution in [0, 0.1) is 25.7 Å². The number of nitrogens with one attached hydrogen (secondary N) is 1. The Morgan fingerprint density at radius 2 is 1.65 bits per heavy atom. The van der Waals surface area contributed by atoms with E-state index in [1.165, 1.54) is 62.6 Å². The van der Waals surface area contributed by atoms with Crippen molar-refractivity contribution in [3.8, 4) is 0 Å². The Bertz CT molecular complexity index is 421. The predicted molar refractivity (Wildman–Crippen MR) is 86.1 cm³/mol. The average Bonchev–Trinajstić information content (AvgIpc) is 3.05. The molecule has 0 heterocycles. The van der Waals surface area contributed by atoms with Crippen molar-refractivity contribution < 1.29 is 0 Å². The lowest BCUT2D eigenvalue weighted by Crippen LogP contribution is -2.30. The smallest absolute Gasteiger partial charge is 0.00683 e. The molecule has 0 radical (unpaired) electrons. The van der Waals surface area contributed by atoms with Crippen LogP contribution < -0.4 is 5.32 Å². The van der Waals surface area contributed by atoms with Gasteiger partial charge >= 0.3 is 0 Å². The Morgan fingerprint density at radius 3 is 2.25 bits per heavy atom. The van der Waals surface area contributed by atoms with E-state index in [9.17, 15) is 0 Å². The van der Waals surface area contributed by atoms with Gasteiger partial charge in [0.2, 0.25) is 0 Å². The van der Waals surface area contributed by atoms with Crippen molar-refractivity contribution in [2.45, 2.75) is 64.8 Å². The summed E-state index contributed by atoms with van der Waals surface area (Å²) >= 11 is 0. The van der Waals surface area contributed by atoms with Gasteiger partial charge in [0.25, 0.3) is 0 Å². The highest BCUT2D eigenvalue weighted by Crippen LogP contribution is 2.34. The second-order valence-electron chi connectivity index (χ2n) is 7.19. The molecular formula is C19H29N. The first-order valence-corrected chi connectivity index (χ1v) is 8.51. The Morgan fingerprint density at radius 1 is 1.00 bits per heavy atom. The van der Waals surface area contributed by atoms with Crippen molar-refractivity contribution in [1.82, 2.24) is 5.32 Å². The Hall–Kier alpha value is -0.820. The van der Waals surface area contributed by atoms with Gasteiger partial charge in [-0.3, -0.25) is 0 Å². The molecule has 2 aliphatic carbocycles. The third-order valence-electron chi connectivity index (χ3n) is 5.09. The van der Waals surface area contributed by atoms with E-state index in [0.29, 0.717) is 0 Å². The number of benzene rings is 1. The van der Waals surface area contributed by atoms with E-state index in [1.54, 1.807) is 5.56 Å². The van der Waals surface area contributed by atoms with Crippen molar-refractivity contribution in [2.75, 3.05) is 6.54 Å². The van der Waals surface area contributed by atoms with Gasteiger partial charge in [0.1, 0.15) is 0 Å². The maximum absolute atomic E-state index is 3.78. The number of rotatable bonds is 6. The summed E-state index contributed by atoms with van der Waals surface area (Å²) in [6.45, 7) is 5.69. The van der Waals surface area contributed by atoms with E-state index >= 15 is 0 Å². The van der Waals surface area contributed by atoms with E-state index in [2.05, 4.69) is 37.4 Å². The molecule has 1 aromatic carbocycles. The van der Waals surface area contributed by atoms with Gasteiger partial charge in [0.05, 0.1) is 0 Å². The molecule has 0 aromatic heterocycles. The Kier molecular flexibility index (Phi) is 4.45. The second kappa shape index (κ2) is 6.30. The molecule has 0 amide bonds. The minimum absolute atomic E-state index is 0.846. The molecule has 2 fully saturated rings. The van der Waals surface area contributed by atoms with Crippen LogP contribution in [0.15, 0.2) is 18.2 Å².